The minimum Gasteiger partial charge on any atom is -0.466 e. The summed E-state index contributed by atoms with van der Waals surface area (Å²) in [4.78, 5) is 26.7. The van der Waals surface area contributed by atoms with E-state index >= 15 is 0 Å². The summed E-state index contributed by atoms with van der Waals surface area (Å²) < 4.78 is 11.1. The van der Waals surface area contributed by atoms with Crippen LogP contribution in [-0.2, 0) is 9.47 Å². The molecule has 0 saturated carbocycles. The Balaban J connectivity index is 2.78. The molecule has 0 aliphatic carbocycles. The summed E-state index contributed by atoms with van der Waals surface area (Å²) in [6, 6.07) is 13.4. The van der Waals surface area contributed by atoms with Crippen molar-refractivity contribution in [1.82, 2.24) is 0 Å². The van der Waals surface area contributed by atoms with Crippen LogP contribution in [0.25, 0.3) is 0 Å². The molecule has 2 aromatic rings. The lowest BCUT2D eigenvalue weighted by atomic mass is 10.4. The number of hydrogen-bond acceptors (Lipinski definition) is 4. The molecule has 0 aromatic heterocycles. The molecule has 0 saturated heterocycles. The first kappa shape index (κ1) is 21.5. The van der Waals surface area contributed by atoms with Gasteiger partial charge in [0.15, 0.2) is 0 Å². The van der Waals surface area contributed by atoms with Gasteiger partial charge in [-0.05, 0) is 62.3 Å². The number of carbonyl (C=O) groups is 2. The van der Waals surface area contributed by atoms with Gasteiger partial charge in [-0.1, -0.05) is 47.5 Å². The molecule has 2 rings (SSSR count). The van der Waals surface area contributed by atoms with Crippen molar-refractivity contribution in [1.29, 1.82) is 0 Å². The smallest absolute Gasteiger partial charge is 0.370 e. The van der Waals surface area contributed by atoms with Gasteiger partial charge in [-0.3, -0.25) is 9.59 Å². The Hall–Kier alpha value is -1.82. The lowest BCUT2D eigenvalue weighted by Gasteiger charge is -2.29. The zero-order chi connectivity index (χ0) is 20.2. The van der Waals surface area contributed by atoms with Crippen LogP contribution in [0, 0.1) is 0 Å². The molecule has 0 aliphatic rings. The molecule has 2 aromatic carbocycles. The summed E-state index contributed by atoms with van der Waals surface area (Å²) in [5.41, 5.74) is -1.15. The maximum Gasteiger partial charge on any atom is 0.370 e. The molecule has 0 fully saturated rings. The van der Waals surface area contributed by atoms with E-state index in [4.69, 9.17) is 32.7 Å². The van der Waals surface area contributed by atoms with Gasteiger partial charge in [-0.15, -0.1) is 0 Å². The van der Waals surface area contributed by atoms with E-state index in [1.807, 2.05) is 0 Å². The second kappa shape index (κ2) is 8.91. The van der Waals surface area contributed by atoms with E-state index in [9.17, 15) is 9.59 Å². The van der Waals surface area contributed by atoms with Crippen molar-refractivity contribution in [3.63, 3.8) is 0 Å². The summed E-state index contributed by atoms with van der Waals surface area (Å²) in [6.45, 7) is 6.98. The van der Waals surface area contributed by atoms with E-state index in [0.29, 0.717) is 20.4 Å². The van der Waals surface area contributed by atoms with Crippen molar-refractivity contribution in [2.75, 3.05) is 0 Å². The highest BCUT2D eigenvalue weighted by Crippen LogP contribution is 2.18. The molecule has 27 heavy (non-hydrogen) atoms. The zero-order valence-corrected chi connectivity index (χ0v) is 18.2. The lowest BCUT2D eigenvalue weighted by Crippen LogP contribution is -2.71. The van der Waals surface area contributed by atoms with E-state index in [-0.39, 0.29) is 12.2 Å². The van der Waals surface area contributed by atoms with Crippen LogP contribution in [-0.4, -0.2) is 31.5 Å². The number of rotatable bonds is 6. The lowest BCUT2D eigenvalue weighted by molar-refractivity contribution is 0.130. The number of halogens is 2. The Labute approximate surface area is 170 Å². The molecule has 7 heteroatoms. The quantitative estimate of drug-likeness (QED) is 0.624. The van der Waals surface area contributed by atoms with Gasteiger partial charge in [-0.25, -0.2) is 0 Å². The molecule has 0 bridgehead atoms. The summed E-state index contributed by atoms with van der Waals surface area (Å²) in [5, 5.41) is 2.11. The van der Waals surface area contributed by atoms with Gasteiger partial charge in [0, 0.05) is 10.0 Å². The molecule has 0 N–H and O–H groups in total. The summed E-state index contributed by atoms with van der Waals surface area (Å²) in [6.07, 6.45) is -0.758. The molecular formula is C20H22Cl2O4Si. The summed E-state index contributed by atoms with van der Waals surface area (Å²) >= 11 is 12.0. The van der Waals surface area contributed by atoms with Crippen LogP contribution in [0.5, 0.6) is 0 Å². The Bertz CT molecular complexity index is 732. The average molecular weight is 425 g/mol. The van der Waals surface area contributed by atoms with E-state index in [2.05, 4.69) is 0 Å². The number of hydrogen-bond donors (Lipinski definition) is 0. The van der Waals surface area contributed by atoms with Gasteiger partial charge in [0.2, 0.25) is 0 Å². The molecule has 0 amide bonds. The van der Waals surface area contributed by atoms with Gasteiger partial charge >= 0.3 is 8.07 Å². The van der Waals surface area contributed by atoms with Crippen molar-refractivity contribution >= 4 is 52.8 Å². The molecule has 144 valence electrons. The average Bonchev–Trinajstić information content (AvgIpc) is 2.57. The Kier molecular flexibility index (Phi) is 7.09. The highest BCUT2D eigenvalue weighted by atomic mass is 35.5. The van der Waals surface area contributed by atoms with Crippen LogP contribution in [0.15, 0.2) is 48.5 Å². The van der Waals surface area contributed by atoms with Crippen molar-refractivity contribution in [3.8, 4) is 0 Å². The highest BCUT2D eigenvalue weighted by molar-refractivity contribution is 7.37. The van der Waals surface area contributed by atoms with E-state index in [0.717, 1.165) is 0 Å². The fourth-order valence-electron chi connectivity index (χ4n) is 2.73. The minimum absolute atomic E-state index is 0.379. The van der Waals surface area contributed by atoms with Crippen molar-refractivity contribution < 1.29 is 19.1 Å². The molecule has 0 aliphatic heterocycles. The van der Waals surface area contributed by atoms with Crippen molar-refractivity contribution in [2.24, 2.45) is 0 Å². The number of carbonyl (C=O) groups excluding carboxylic acids is 2. The van der Waals surface area contributed by atoms with Crippen LogP contribution >= 0.6 is 23.2 Å². The highest BCUT2D eigenvalue weighted by Gasteiger charge is 2.57. The standard InChI is InChI=1S/C20H22Cl2O4Si/c1-13(2)25-19(23)27(20(24)26-14(3)4,17-9-5-15(21)6-10-17)18-11-7-16(22)8-12-18/h5-14H,1-4H3. The molecular weight excluding hydrogens is 403 g/mol. The number of benzene rings is 2. The van der Waals surface area contributed by atoms with E-state index in [1.54, 1.807) is 76.2 Å². The maximum absolute atomic E-state index is 13.3. The molecule has 0 radical (unpaired) electrons. The third-order valence-electron chi connectivity index (χ3n) is 3.85. The van der Waals surface area contributed by atoms with Gasteiger partial charge in [-0.2, -0.15) is 0 Å². The van der Waals surface area contributed by atoms with Crippen molar-refractivity contribution in [2.45, 2.75) is 39.9 Å². The zero-order valence-electron chi connectivity index (χ0n) is 15.7. The molecule has 0 spiro atoms. The Morgan fingerprint density at radius 3 is 1.26 bits per heavy atom. The van der Waals surface area contributed by atoms with Crippen LogP contribution in [0.2, 0.25) is 10.0 Å². The SMILES string of the molecule is CC(C)OC(=O)[Si](C(=O)OC(C)C)(c1ccc(Cl)cc1)c1ccc(Cl)cc1. The van der Waals surface area contributed by atoms with E-state index < -0.39 is 19.3 Å². The van der Waals surface area contributed by atoms with Crippen LogP contribution in [0.3, 0.4) is 0 Å². The van der Waals surface area contributed by atoms with Crippen molar-refractivity contribution in [3.05, 3.63) is 58.6 Å². The first-order valence-electron chi connectivity index (χ1n) is 8.62. The second-order valence-electron chi connectivity index (χ2n) is 6.67. The van der Waals surface area contributed by atoms with Crippen LogP contribution in [0.1, 0.15) is 27.7 Å². The minimum atomic E-state index is -3.77. The predicted molar refractivity (Wildman–Crippen MR) is 111 cm³/mol. The van der Waals surface area contributed by atoms with Gasteiger partial charge < -0.3 is 9.47 Å². The van der Waals surface area contributed by atoms with E-state index in [1.165, 1.54) is 0 Å². The second-order valence-corrected chi connectivity index (χ2v) is 11.0. The van der Waals surface area contributed by atoms with Gasteiger partial charge in [0.25, 0.3) is 11.2 Å². The normalized spacial score (nSPS) is 11.6. The monoisotopic (exact) mass is 424 g/mol. The Morgan fingerprint density at radius 1 is 0.704 bits per heavy atom. The van der Waals surface area contributed by atoms with Gasteiger partial charge in [0.1, 0.15) is 0 Å². The fraction of sp³-hybridized carbons (Fsp3) is 0.300. The number of ether oxygens (including phenoxy) is 2. The summed E-state index contributed by atoms with van der Waals surface area (Å²) in [7, 11) is -3.77. The Morgan fingerprint density at radius 2 is 1.00 bits per heavy atom. The van der Waals surface area contributed by atoms with Crippen LogP contribution < -0.4 is 10.4 Å². The van der Waals surface area contributed by atoms with Gasteiger partial charge in [0.05, 0.1) is 12.2 Å². The largest absolute Gasteiger partial charge is 0.466 e. The molecule has 0 heterocycles. The maximum atomic E-state index is 13.3. The molecule has 0 atom stereocenters. The topological polar surface area (TPSA) is 52.6 Å². The van der Waals surface area contributed by atoms with Crippen LogP contribution in [0.4, 0.5) is 9.59 Å². The predicted octanol–water partition coefficient (Wildman–Crippen LogP) is 4.81. The third kappa shape index (κ3) is 4.72. The third-order valence-corrected chi connectivity index (χ3v) is 8.22. The molecule has 0 unspecified atom stereocenters. The fourth-order valence-corrected chi connectivity index (χ4v) is 6.58. The summed E-state index contributed by atoms with van der Waals surface area (Å²) in [5.74, 6) is 0. The first-order chi connectivity index (χ1) is 12.7. The first-order valence-corrected chi connectivity index (χ1v) is 11.4. The molecule has 4 nitrogen and oxygen atoms in total.